The van der Waals surface area contributed by atoms with Crippen LogP contribution in [0, 0.1) is 0 Å². The van der Waals surface area contributed by atoms with Crippen molar-refractivity contribution in [3.8, 4) is 0 Å². The molecule has 2 aliphatic heterocycles. The topological polar surface area (TPSA) is 17.1 Å². The lowest BCUT2D eigenvalue weighted by Gasteiger charge is -2.45. The van der Waals surface area contributed by atoms with Gasteiger partial charge in [0.25, 0.3) is 0 Å². The van der Waals surface area contributed by atoms with E-state index in [1.54, 1.807) is 0 Å². The summed E-state index contributed by atoms with van der Waals surface area (Å²) >= 11 is 0. The zero-order valence-electron chi connectivity index (χ0n) is 18.2. The summed E-state index contributed by atoms with van der Waals surface area (Å²) in [5, 5.41) is 7.35. The monoisotopic (exact) mass is 416 g/mol. The van der Waals surface area contributed by atoms with Crippen LogP contribution in [0.1, 0.15) is 34.3 Å². The molecular weight excluding hydrogens is 390 g/mol. The lowest BCUT2D eigenvalue weighted by molar-refractivity contribution is 0.0924. The fourth-order valence-corrected chi connectivity index (χ4v) is 6.71. The predicted octanol–water partition coefficient (Wildman–Crippen LogP) is 6.67. The van der Waals surface area contributed by atoms with Crippen molar-refractivity contribution in [2.24, 2.45) is 0 Å². The fourth-order valence-electron chi connectivity index (χ4n) is 6.71. The maximum absolute atomic E-state index is 14.0. The maximum atomic E-state index is 14.0. The molecule has 0 aliphatic carbocycles. The molecule has 0 saturated heterocycles. The number of quaternary nitrogens is 1. The van der Waals surface area contributed by atoms with Crippen LogP contribution in [0.3, 0.4) is 0 Å². The molecule has 0 fully saturated rings. The Kier molecular flexibility index (Phi) is 3.80. The van der Waals surface area contributed by atoms with Crippen molar-refractivity contribution in [2.45, 2.75) is 25.7 Å². The van der Waals surface area contributed by atoms with Gasteiger partial charge >= 0.3 is 0 Å². The lowest BCUT2D eigenvalue weighted by atomic mass is 9.87. The molecular formula is C30H26NO+. The first-order chi connectivity index (χ1) is 15.7. The van der Waals surface area contributed by atoms with Gasteiger partial charge in [-0.05, 0) is 51.2 Å². The largest absolute Gasteiger partial charge is 0.288 e. The van der Waals surface area contributed by atoms with Gasteiger partial charge in [-0.25, -0.2) is 0 Å². The molecule has 0 bridgehead atoms. The molecule has 156 valence electrons. The standard InChI is InChI=1S/C30H26NO/c32-27(19-31-17-3-9-23-7-2-8-24(30(23)31)10-4-18-31)25-15-13-22-12-11-20-5-1-6-21-14-16-26(25)29(22)28(20)21/h1-2,5-8,11-16H,3-4,9-10,17-19H2/q+1. The summed E-state index contributed by atoms with van der Waals surface area (Å²) in [6.07, 6.45) is 4.64. The number of para-hydroxylation sites is 1. The van der Waals surface area contributed by atoms with Gasteiger partial charge in [0.1, 0.15) is 12.2 Å². The average molecular weight is 417 g/mol. The molecule has 0 unspecified atom stereocenters. The normalized spacial score (nSPS) is 17.1. The number of carbonyl (C=O) groups is 1. The van der Waals surface area contributed by atoms with E-state index in [9.17, 15) is 4.79 Å². The van der Waals surface area contributed by atoms with Crippen LogP contribution < -0.4 is 4.48 Å². The van der Waals surface area contributed by atoms with Crippen LogP contribution >= 0.6 is 0 Å². The molecule has 0 radical (unpaired) electrons. The molecule has 0 spiro atoms. The third-order valence-electron chi connectivity index (χ3n) is 8.02. The quantitative estimate of drug-likeness (QED) is 0.182. The van der Waals surface area contributed by atoms with Crippen LogP contribution in [-0.4, -0.2) is 25.4 Å². The Labute approximate surface area is 188 Å². The minimum absolute atomic E-state index is 0.285. The molecule has 0 saturated carbocycles. The second-order valence-corrected chi connectivity index (χ2v) is 9.77. The molecule has 2 heterocycles. The van der Waals surface area contributed by atoms with Gasteiger partial charge in [0.2, 0.25) is 5.78 Å². The number of ketones is 1. The Morgan fingerprint density at radius 1 is 0.688 bits per heavy atom. The van der Waals surface area contributed by atoms with Crippen LogP contribution in [0.5, 0.6) is 0 Å². The van der Waals surface area contributed by atoms with Crippen molar-refractivity contribution < 1.29 is 4.79 Å². The zero-order chi connectivity index (χ0) is 21.3. The molecule has 32 heavy (non-hydrogen) atoms. The van der Waals surface area contributed by atoms with Gasteiger partial charge in [-0.2, -0.15) is 0 Å². The highest BCUT2D eigenvalue weighted by Crippen LogP contribution is 2.42. The van der Waals surface area contributed by atoms with Gasteiger partial charge in [0.05, 0.1) is 13.1 Å². The first-order valence-electron chi connectivity index (χ1n) is 11.9. The zero-order valence-corrected chi connectivity index (χ0v) is 18.2. The number of Topliss-reactive ketones (excluding diaryl/α,β-unsaturated/α-hetero) is 1. The van der Waals surface area contributed by atoms with Crippen LogP contribution in [0.4, 0.5) is 5.69 Å². The summed E-state index contributed by atoms with van der Waals surface area (Å²) in [6, 6.07) is 26.2. The second-order valence-electron chi connectivity index (χ2n) is 9.77. The van der Waals surface area contributed by atoms with Gasteiger partial charge in [0.15, 0.2) is 0 Å². The average Bonchev–Trinajstić information content (AvgIpc) is 2.83. The first kappa shape index (κ1) is 18.4. The van der Waals surface area contributed by atoms with E-state index in [4.69, 9.17) is 0 Å². The third-order valence-corrected chi connectivity index (χ3v) is 8.02. The molecule has 2 nitrogen and oxygen atoms in total. The molecule has 0 atom stereocenters. The van der Waals surface area contributed by atoms with Crippen molar-refractivity contribution in [3.63, 3.8) is 0 Å². The van der Waals surface area contributed by atoms with E-state index in [1.165, 1.54) is 56.6 Å². The Bertz CT molecular complexity index is 1490. The molecule has 7 rings (SSSR count). The van der Waals surface area contributed by atoms with E-state index in [0.29, 0.717) is 6.54 Å². The summed E-state index contributed by atoms with van der Waals surface area (Å²) in [5.74, 6) is 0.285. The summed E-state index contributed by atoms with van der Waals surface area (Å²) in [6.45, 7) is 2.75. The highest BCUT2D eigenvalue weighted by molar-refractivity contribution is 6.26. The summed E-state index contributed by atoms with van der Waals surface area (Å²) in [7, 11) is 0. The number of aryl methyl sites for hydroxylation is 2. The molecule has 2 heteroatoms. The van der Waals surface area contributed by atoms with Crippen LogP contribution in [0.25, 0.3) is 32.3 Å². The number of benzene rings is 5. The Morgan fingerprint density at radius 3 is 2.00 bits per heavy atom. The van der Waals surface area contributed by atoms with Gasteiger partial charge in [-0.1, -0.05) is 66.7 Å². The lowest BCUT2D eigenvalue weighted by Crippen LogP contribution is -2.57. The summed E-state index contributed by atoms with van der Waals surface area (Å²) < 4.78 is 0.853. The number of hydrogen-bond donors (Lipinski definition) is 0. The first-order valence-corrected chi connectivity index (χ1v) is 11.9. The Hall–Kier alpha value is -3.23. The van der Waals surface area contributed by atoms with Crippen molar-refractivity contribution in [1.29, 1.82) is 0 Å². The molecule has 0 amide bonds. The molecule has 2 aliphatic rings. The molecule has 0 aromatic heterocycles. The minimum Gasteiger partial charge on any atom is -0.288 e. The molecule has 0 N–H and O–H groups in total. The number of hydrogen-bond acceptors (Lipinski definition) is 1. The SMILES string of the molecule is O=C(C[N+]12CCCc3cccc(c31)CCC2)c1ccc2ccc3cccc4ccc1c2c34. The number of carbonyl (C=O) groups excluding carboxylic acids is 1. The van der Waals surface area contributed by atoms with Crippen molar-refractivity contribution in [3.05, 3.63) is 89.5 Å². The second kappa shape index (κ2) is 6.63. The predicted molar refractivity (Wildman–Crippen MR) is 134 cm³/mol. The van der Waals surface area contributed by atoms with Gasteiger partial charge in [-0.3, -0.25) is 9.28 Å². The Balaban J connectivity index is 1.39. The summed E-state index contributed by atoms with van der Waals surface area (Å²) in [5.41, 5.74) is 5.29. The highest BCUT2D eigenvalue weighted by Gasteiger charge is 2.41. The van der Waals surface area contributed by atoms with E-state index in [-0.39, 0.29) is 5.78 Å². The van der Waals surface area contributed by atoms with Gasteiger partial charge < -0.3 is 0 Å². The number of nitrogens with zero attached hydrogens (tertiary/aromatic N) is 1. The minimum atomic E-state index is 0.285. The van der Waals surface area contributed by atoms with Crippen molar-refractivity contribution in [1.82, 2.24) is 4.48 Å². The van der Waals surface area contributed by atoms with Gasteiger partial charge in [-0.15, -0.1) is 0 Å². The Morgan fingerprint density at radius 2 is 1.28 bits per heavy atom. The highest BCUT2D eigenvalue weighted by atomic mass is 16.1. The fraction of sp³-hybridized carbons (Fsp3) is 0.233. The van der Waals surface area contributed by atoms with Crippen LogP contribution in [0.2, 0.25) is 0 Å². The van der Waals surface area contributed by atoms with E-state index >= 15 is 0 Å². The maximum Gasteiger partial charge on any atom is 0.217 e. The van der Waals surface area contributed by atoms with E-state index in [0.717, 1.165) is 41.4 Å². The number of rotatable bonds is 3. The third kappa shape index (κ3) is 2.47. The smallest absolute Gasteiger partial charge is 0.217 e. The van der Waals surface area contributed by atoms with Crippen LogP contribution in [-0.2, 0) is 12.8 Å². The molecule has 5 aromatic carbocycles. The van der Waals surface area contributed by atoms with Crippen molar-refractivity contribution >= 4 is 43.8 Å². The van der Waals surface area contributed by atoms with E-state index in [2.05, 4.69) is 72.8 Å². The van der Waals surface area contributed by atoms with E-state index in [1.807, 2.05) is 0 Å². The summed E-state index contributed by atoms with van der Waals surface area (Å²) in [4.78, 5) is 14.0. The molecule has 5 aromatic rings. The van der Waals surface area contributed by atoms with Crippen LogP contribution in [0.15, 0.2) is 72.8 Å². The van der Waals surface area contributed by atoms with Gasteiger partial charge in [0, 0.05) is 29.5 Å². The van der Waals surface area contributed by atoms with Crippen molar-refractivity contribution in [2.75, 3.05) is 19.6 Å². The van der Waals surface area contributed by atoms with E-state index < -0.39 is 0 Å².